The van der Waals surface area contributed by atoms with E-state index in [1.54, 1.807) is 0 Å². The molecule has 5 nitrogen and oxygen atoms in total. The van der Waals surface area contributed by atoms with Crippen LogP contribution in [0.3, 0.4) is 0 Å². The minimum atomic E-state index is -0.00310. The maximum atomic E-state index is 6.16. The molecule has 0 amide bonds. The molecule has 1 aromatic rings. The number of aromatic amines is 1. The first-order chi connectivity index (χ1) is 5.77. The summed E-state index contributed by atoms with van der Waals surface area (Å²) in [6.07, 6.45) is 4.48. The van der Waals surface area contributed by atoms with E-state index < -0.39 is 0 Å². The Kier molecular flexibility index (Phi) is 0.918. The molecule has 0 aromatic carbocycles. The topological polar surface area (TPSA) is 80.5 Å². The summed E-state index contributed by atoms with van der Waals surface area (Å²) in [5.41, 5.74) is 6.24. The average molecular weight is 165 g/mol. The van der Waals surface area contributed by atoms with Crippen molar-refractivity contribution in [2.45, 2.75) is 36.6 Å². The Balaban J connectivity index is 2.02. The fourth-order valence-corrected chi connectivity index (χ4v) is 2.05. The lowest BCUT2D eigenvalue weighted by Crippen LogP contribution is -2.38. The third-order valence-electron chi connectivity index (χ3n) is 3.27. The molecular formula is C7H11N5. The summed E-state index contributed by atoms with van der Waals surface area (Å²) in [6.45, 7) is 0. The zero-order valence-electron chi connectivity index (χ0n) is 6.75. The van der Waals surface area contributed by atoms with Gasteiger partial charge in [-0.2, -0.15) is 5.21 Å². The lowest BCUT2D eigenvalue weighted by Gasteiger charge is -2.17. The summed E-state index contributed by atoms with van der Waals surface area (Å²) in [5, 5.41) is 14.1. The van der Waals surface area contributed by atoms with Gasteiger partial charge in [-0.3, -0.25) is 0 Å². The molecule has 0 saturated heterocycles. The number of hydrogen-bond acceptors (Lipinski definition) is 4. The van der Waals surface area contributed by atoms with Crippen LogP contribution in [0, 0.1) is 0 Å². The lowest BCUT2D eigenvalue weighted by molar-refractivity contribution is 0.478. The fraction of sp³-hybridized carbons (Fsp3) is 0.857. The van der Waals surface area contributed by atoms with Crippen LogP contribution in [0.1, 0.15) is 31.5 Å². The smallest absolute Gasteiger partial charge is 0.182 e. The average Bonchev–Trinajstić information content (AvgIpc) is 2.96. The molecule has 0 bridgehead atoms. The van der Waals surface area contributed by atoms with Gasteiger partial charge in [0, 0.05) is 5.54 Å². The highest BCUT2D eigenvalue weighted by molar-refractivity contribution is 5.32. The van der Waals surface area contributed by atoms with Crippen LogP contribution in [-0.4, -0.2) is 26.2 Å². The minimum Gasteiger partial charge on any atom is -0.324 e. The molecule has 2 saturated carbocycles. The fourth-order valence-electron chi connectivity index (χ4n) is 2.05. The van der Waals surface area contributed by atoms with E-state index in [9.17, 15) is 0 Å². The molecule has 0 unspecified atom stereocenters. The van der Waals surface area contributed by atoms with E-state index in [1.165, 1.54) is 0 Å². The van der Waals surface area contributed by atoms with Crippen molar-refractivity contribution in [1.29, 1.82) is 0 Å². The number of nitrogens with two attached hydrogens (primary N) is 1. The van der Waals surface area contributed by atoms with E-state index in [-0.39, 0.29) is 11.0 Å². The Morgan fingerprint density at radius 1 is 1.25 bits per heavy atom. The van der Waals surface area contributed by atoms with Crippen molar-refractivity contribution in [3.63, 3.8) is 0 Å². The molecule has 64 valence electrons. The molecule has 0 radical (unpaired) electrons. The molecule has 5 heteroatoms. The van der Waals surface area contributed by atoms with Crippen LogP contribution in [0.15, 0.2) is 0 Å². The van der Waals surface area contributed by atoms with Crippen LogP contribution in [0.4, 0.5) is 0 Å². The number of H-pyrrole nitrogens is 1. The van der Waals surface area contributed by atoms with E-state index in [2.05, 4.69) is 20.6 Å². The summed E-state index contributed by atoms with van der Waals surface area (Å²) in [4.78, 5) is 0. The highest BCUT2D eigenvalue weighted by Gasteiger charge is 2.66. The Labute approximate surface area is 69.7 Å². The van der Waals surface area contributed by atoms with E-state index in [4.69, 9.17) is 5.73 Å². The zero-order valence-corrected chi connectivity index (χ0v) is 6.75. The van der Waals surface area contributed by atoms with Crippen molar-refractivity contribution in [2.75, 3.05) is 0 Å². The second-order valence-corrected chi connectivity index (χ2v) is 3.97. The van der Waals surface area contributed by atoms with E-state index in [1.807, 2.05) is 0 Å². The van der Waals surface area contributed by atoms with Crippen molar-refractivity contribution in [2.24, 2.45) is 5.73 Å². The van der Waals surface area contributed by atoms with Gasteiger partial charge >= 0.3 is 0 Å². The van der Waals surface area contributed by atoms with Crippen LogP contribution in [0.2, 0.25) is 0 Å². The Morgan fingerprint density at radius 2 is 2.00 bits per heavy atom. The number of tetrazole rings is 1. The maximum absolute atomic E-state index is 6.16. The molecule has 0 spiro atoms. The zero-order chi connectivity index (χ0) is 8.23. The van der Waals surface area contributed by atoms with Gasteiger partial charge in [-0.05, 0) is 25.7 Å². The first-order valence-electron chi connectivity index (χ1n) is 4.30. The summed E-state index contributed by atoms with van der Waals surface area (Å²) in [6, 6.07) is 0. The van der Waals surface area contributed by atoms with Crippen LogP contribution in [0.25, 0.3) is 0 Å². The van der Waals surface area contributed by atoms with Gasteiger partial charge < -0.3 is 5.73 Å². The van der Waals surface area contributed by atoms with Gasteiger partial charge in [0.25, 0.3) is 0 Å². The standard InChI is InChI=1S/C7H11N5/c8-7(3-4-7)6(1-2-6)5-9-11-12-10-5/h1-4,8H2,(H,9,10,11,12). The van der Waals surface area contributed by atoms with Gasteiger partial charge in [-0.15, -0.1) is 10.2 Å². The lowest BCUT2D eigenvalue weighted by atomic mass is 9.94. The largest absolute Gasteiger partial charge is 0.324 e. The quantitative estimate of drug-likeness (QED) is 0.631. The van der Waals surface area contributed by atoms with Gasteiger partial charge in [0.15, 0.2) is 5.82 Å². The van der Waals surface area contributed by atoms with Gasteiger partial charge in [0.05, 0.1) is 5.41 Å². The molecule has 3 rings (SSSR count). The van der Waals surface area contributed by atoms with Crippen molar-refractivity contribution < 1.29 is 0 Å². The van der Waals surface area contributed by atoms with Gasteiger partial charge in [-0.25, -0.2) is 0 Å². The van der Waals surface area contributed by atoms with Crippen LogP contribution in [-0.2, 0) is 5.41 Å². The number of aromatic nitrogens is 4. The molecular weight excluding hydrogens is 154 g/mol. The van der Waals surface area contributed by atoms with Crippen molar-refractivity contribution in [3.8, 4) is 0 Å². The Bertz CT molecular complexity index is 296. The number of hydrogen-bond donors (Lipinski definition) is 2. The molecule has 0 atom stereocenters. The summed E-state index contributed by atoms with van der Waals surface area (Å²) in [7, 11) is 0. The van der Waals surface area contributed by atoms with Crippen molar-refractivity contribution >= 4 is 0 Å². The molecule has 2 aliphatic carbocycles. The Morgan fingerprint density at radius 3 is 2.42 bits per heavy atom. The van der Waals surface area contributed by atoms with Crippen LogP contribution in [0.5, 0.6) is 0 Å². The molecule has 2 fully saturated rings. The molecule has 1 aromatic heterocycles. The highest BCUT2D eigenvalue weighted by atomic mass is 15.5. The molecule has 3 N–H and O–H groups in total. The summed E-state index contributed by atoms with van der Waals surface area (Å²) < 4.78 is 0. The van der Waals surface area contributed by atoms with Gasteiger partial charge in [0.2, 0.25) is 0 Å². The first kappa shape index (κ1) is 6.54. The normalized spacial score (nSPS) is 28.4. The van der Waals surface area contributed by atoms with Gasteiger partial charge in [0.1, 0.15) is 0 Å². The van der Waals surface area contributed by atoms with E-state index in [0.717, 1.165) is 31.5 Å². The van der Waals surface area contributed by atoms with Gasteiger partial charge in [-0.1, -0.05) is 5.21 Å². The third-order valence-corrected chi connectivity index (χ3v) is 3.27. The molecule has 0 aliphatic heterocycles. The predicted molar refractivity (Wildman–Crippen MR) is 41.2 cm³/mol. The number of nitrogens with zero attached hydrogens (tertiary/aromatic N) is 3. The van der Waals surface area contributed by atoms with Crippen LogP contribution >= 0.6 is 0 Å². The predicted octanol–water partition coefficient (Wildman–Crippen LogP) is -0.277. The number of nitrogens with one attached hydrogen (secondary N) is 1. The third kappa shape index (κ3) is 0.605. The SMILES string of the molecule is NC1(C2(c3nn[nH]n3)CC2)CC1. The maximum Gasteiger partial charge on any atom is 0.182 e. The van der Waals surface area contributed by atoms with E-state index >= 15 is 0 Å². The second-order valence-electron chi connectivity index (χ2n) is 3.97. The molecule has 1 heterocycles. The molecule has 12 heavy (non-hydrogen) atoms. The van der Waals surface area contributed by atoms with Crippen molar-refractivity contribution in [1.82, 2.24) is 20.6 Å². The monoisotopic (exact) mass is 165 g/mol. The summed E-state index contributed by atoms with van der Waals surface area (Å²) in [5.74, 6) is 0.822. The van der Waals surface area contributed by atoms with Crippen LogP contribution < -0.4 is 5.73 Å². The number of rotatable bonds is 2. The van der Waals surface area contributed by atoms with E-state index in [0.29, 0.717) is 0 Å². The Hall–Kier alpha value is -0.970. The summed E-state index contributed by atoms with van der Waals surface area (Å²) >= 11 is 0. The molecule has 2 aliphatic rings. The second kappa shape index (κ2) is 1.69. The minimum absolute atomic E-state index is 0.00310. The first-order valence-corrected chi connectivity index (χ1v) is 4.30. The van der Waals surface area contributed by atoms with Crippen molar-refractivity contribution in [3.05, 3.63) is 5.82 Å². The highest BCUT2D eigenvalue weighted by Crippen LogP contribution is 2.62.